The Hall–Kier alpha value is -3.33. The van der Waals surface area contributed by atoms with Crippen molar-refractivity contribution in [2.45, 2.75) is 19.4 Å². The summed E-state index contributed by atoms with van der Waals surface area (Å²) in [6, 6.07) is 9.56. The average molecular weight is 386 g/mol. The number of primary amides is 1. The van der Waals surface area contributed by atoms with Crippen molar-refractivity contribution in [3.63, 3.8) is 0 Å². The van der Waals surface area contributed by atoms with Gasteiger partial charge in [0.1, 0.15) is 5.58 Å². The average Bonchev–Trinajstić information content (AvgIpc) is 3.28. The topological polar surface area (TPSA) is 126 Å². The number of hydrazine groups is 1. The van der Waals surface area contributed by atoms with E-state index in [1.165, 1.54) is 11.3 Å². The van der Waals surface area contributed by atoms with E-state index in [-0.39, 0.29) is 12.2 Å². The van der Waals surface area contributed by atoms with E-state index in [2.05, 4.69) is 16.2 Å². The SMILES string of the molecule is Cc1c(C(=O)NNC(=O)CC(NC(N)=O)c2cccs2)oc2ccccc12. The molecular weight excluding hydrogens is 368 g/mol. The molecule has 9 heteroatoms. The van der Waals surface area contributed by atoms with Crippen molar-refractivity contribution in [1.82, 2.24) is 16.2 Å². The highest BCUT2D eigenvalue weighted by Crippen LogP contribution is 2.25. The zero-order chi connectivity index (χ0) is 19.4. The first kappa shape index (κ1) is 18.5. The fraction of sp³-hybridized carbons (Fsp3) is 0.167. The number of carbonyl (C=O) groups is 3. The summed E-state index contributed by atoms with van der Waals surface area (Å²) in [5.41, 5.74) is 11.1. The lowest BCUT2D eigenvalue weighted by Gasteiger charge is -2.16. The minimum absolute atomic E-state index is 0.0805. The molecule has 0 fully saturated rings. The Labute approximate surface area is 158 Å². The summed E-state index contributed by atoms with van der Waals surface area (Å²) in [5, 5.41) is 5.18. The molecule has 27 heavy (non-hydrogen) atoms. The van der Waals surface area contributed by atoms with E-state index in [1.807, 2.05) is 23.6 Å². The fourth-order valence-electron chi connectivity index (χ4n) is 2.69. The maximum absolute atomic E-state index is 12.3. The molecule has 1 aromatic carbocycles. The van der Waals surface area contributed by atoms with Crippen LogP contribution >= 0.6 is 11.3 Å². The molecule has 0 aliphatic rings. The normalized spacial score (nSPS) is 11.7. The molecule has 8 nitrogen and oxygen atoms in total. The second-order valence-electron chi connectivity index (χ2n) is 5.84. The number of nitrogens with two attached hydrogens (primary N) is 1. The number of aryl methyl sites for hydroxylation is 1. The Kier molecular flexibility index (Phi) is 5.41. The quantitative estimate of drug-likeness (QED) is 0.502. The number of thiophene rings is 1. The second kappa shape index (κ2) is 7.92. The van der Waals surface area contributed by atoms with Crippen LogP contribution in [0.25, 0.3) is 11.0 Å². The number of hydrogen-bond donors (Lipinski definition) is 4. The fourth-order valence-corrected chi connectivity index (χ4v) is 3.47. The van der Waals surface area contributed by atoms with E-state index in [4.69, 9.17) is 10.2 Å². The van der Waals surface area contributed by atoms with E-state index in [0.29, 0.717) is 11.1 Å². The van der Waals surface area contributed by atoms with Gasteiger partial charge in [-0.25, -0.2) is 4.79 Å². The molecule has 4 amide bonds. The van der Waals surface area contributed by atoms with Gasteiger partial charge in [-0.3, -0.25) is 20.4 Å². The molecule has 2 heterocycles. The van der Waals surface area contributed by atoms with Crippen molar-refractivity contribution < 1.29 is 18.8 Å². The highest BCUT2D eigenvalue weighted by Gasteiger charge is 2.21. The predicted octanol–water partition coefficient (Wildman–Crippen LogP) is 2.36. The number of amides is 4. The molecular formula is C18H18N4O4S. The summed E-state index contributed by atoms with van der Waals surface area (Å²) in [5.74, 6) is -0.918. The summed E-state index contributed by atoms with van der Waals surface area (Å²) in [4.78, 5) is 36.4. The van der Waals surface area contributed by atoms with Gasteiger partial charge in [0.25, 0.3) is 0 Å². The van der Waals surface area contributed by atoms with Gasteiger partial charge in [0.05, 0.1) is 12.5 Å². The molecule has 0 saturated carbocycles. The van der Waals surface area contributed by atoms with Crippen LogP contribution in [0.1, 0.15) is 33.5 Å². The van der Waals surface area contributed by atoms with Gasteiger partial charge in [-0.05, 0) is 24.4 Å². The molecule has 5 N–H and O–H groups in total. The van der Waals surface area contributed by atoms with Crippen LogP contribution in [0.3, 0.4) is 0 Å². The van der Waals surface area contributed by atoms with E-state index in [9.17, 15) is 14.4 Å². The van der Waals surface area contributed by atoms with Crippen LogP contribution in [-0.2, 0) is 4.79 Å². The van der Waals surface area contributed by atoms with Gasteiger partial charge in [0.2, 0.25) is 5.91 Å². The lowest BCUT2D eigenvalue weighted by Crippen LogP contribution is -2.44. The Bertz CT molecular complexity index is 981. The number of fused-ring (bicyclic) bond motifs is 1. The van der Waals surface area contributed by atoms with Crippen LogP contribution in [0.4, 0.5) is 4.79 Å². The summed E-state index contributed by atoms with van der Waals surface area (Å²) in [6.45, 7) is 1.77. The zero-order valence-electron chi connectivity index (χ0n) is 14.4. The van der Waals surface area contributed by atoms with Crippen molar-refractivity contribution in [3.8, 4) is 0 Å². The Morgan fingerprint density at radius 2 is 1.93 bits per heavy atom. The van der Waals surface area contributed by atoms with Gasteiger partial charge in [0, 0.05) is 15.8 Å². The van der Waals surface area contributed by atoms with E-state index >= 15 is 0 Å². The van der Waals surface area contributed by atoms with Crippen LogP contribution in [0.5, 0.6) is 0 Å². The minimum Gasteiger partial charge on any atom is -0.451 e. The van der Waals surface area contributed by atoms with Crippen molar-refractivity contribution in [3.05, 3.63) is 58.0 Å². The lowest BCUT2D eigenvalue weighted by atomic mass is 10.1. The molecule has 3 aromatic rings. The number of benzene rings is 1. The molecule has 1 unspecified atom stereocenters. The maximum atomic E-state index is 12.3. The Morgan fingerprint density at radius 1 is 1.15 bits per heavy atom. The molecule has 0 aliphatic heterocycles. The van der Waals surface area contributed by atoms with Crippen molar-refractivity contribution >= 4 is 40.2 Å². The molecule has 0 spiro atoms. The summed E-state index contributed by atoms with van der Waals surface area (Å²) in [7, 11) is 0. The summed E-state index contributed by atoms with van der Waals surface area (Å²) >= 11 is 1.39. The van der Waals surface area contributed by atoms with Crippen molar-refractivity contribution in [2.75, 3.05) is 0 Å². The number of urea groups is 1. The molecule has 0 saturated heterocycles. The summed E-state index contributed by atoms with van der Waals surface area (Å²) in [6.07, 6.45) is -0.0805. The lowest BCUT2D eigenvalue weighted by molar-refractivity contribution is -0.122. The maximum Gasteiger partial charge on any atom is 0.312 e. The third-order valence-electron chi connectivity index (χ3n) is 3.96. The number of furan rings is 1. The summed E-state index contributed by atoms with van der Waals surface area (Å²) < 4.78 is 5.55. The zero-order valence-corrected chi connectivity index (χ0v) is 15.3. The number of hydrogen-bond acceptors (Lipinski definition) is 5. The van der Waals surface area contributed by atoms with Gasteiger partial charge < -0.3 is 15.5 Å². The molecule has 0 bridgehead atoms. The van der Waals surface area contributed by atoms with Gasteiger partial charge in [-0.15, -0.1) is 11.3 Å². The first-order chi connectivity index (χ1) is 13.0. The standard InChI is InChI=1S/C18H18N4O4S/c1-10-11-5-2-3-6-13(11)26-16(10)17(24)22-21-15(23)9-12(20-18(19)25)14-7-4-8-27-14/h2-8,12H,9H2,1H3,(H,21,23)(H,22,24)(H3,19,20,25). The number of nitrogens with one attached hydrogen (secondary N) is 3. The first-order valence-electron chi connectivity index (χ1n) is 8.12. The van der Waals surface area contributed by atoms with E-state index < -0.39 is 23.9 Å². The van der Waals surface area contributed by atoms with Crippen LogP contribution in [0.15, 0.2) is 46.2 Å². The number of rotatable bonds is 5. The predicted molar refractivity (Wildman–Crippen MR) is 101 cm³/mol. The van der Waals surface area contributed by atoms with Gasteiger partial charge in [0.15, 0.2) is 5.76 Å². The van der Waals surface area contributed by atoms with Crippen molar-refractivity contribution in [2.24, 2.45) is 5.73 Å². The van der Waals surface area contributed by atoms with Crippen LogP contribution in [0, 0.1) is 6.92 Å². The van der Waals surface area contributed by atoms with Crippen LogP contribution < -0.4 is 21.9 Å². The van der Waals surface area contributed by atoms with Gasteiger partial charge in [-0.2, -0.15) is 0 Å². The van der Waals surface area contributed by atoms with Gasteiger partial charge in [-0.1, -0.05) is 24.3 Å². The Balaban J connectivity index is 1.63. The van der Waals surface area contributed by atoms with E-state index in [1.54, 1.807) is 25.1 Å². The molecule has 140 valence electrons. The third kappa shape index (κ3) is 4.26. The van der Waals surface area contributed by atoms with Crippen molar-refractivity contribution in [1.29, 1.82) is 0 Å². The molecule has 0 aliphatic carbocycles. The monoisotopic (exact) mass is 386 g/mol. The number of para-hydroxylation sites is 1. The molecule has 3 rings (SSSR count). The van der Waals surface area contributed by atoms with E-state index in [0.717, 1.165) is 10.3 Å². The molecule has 2 aromatic heterocycles. The Morgan fingerprint density at radius 3 is 2.59 bits per heavy atom. The smallest absolute Gasteiger partial charge is 0.312 e. The molecule has 1 atom stereocenters. The highest BCUT2D eigenvalue weighted by molar-refractivity contribution is 7.10. The number of carbonyl (C=O) groups excluding carboxylic acids is 3. The third-order valence-corrected chi connectivity index (χ3v) is 4.94. The highest BCUT2D eigenvalue weighted by atomic mass is 32.1. The van der Waals surface area contributed by atoms with Crippen LogP contribution in [-0.4, -0.2) is 17.8 Å². The minimum atomic E-state index is -0.733. The molecule has 0 radical (unpaired) electrons. The first-order valence-corrected chi connectivity index (χ1v) is 9.00. The van der Waals surface area contributed by atoms with Crippen LogP contribution in [0.2, 0.25) is 0 Å². The second-order valence-corrected chi connectivity index (χ2v) is 6.81. The largest absolute Gasteiger partial charge is 0.451 e. The van der Waals surface area contributed by atoms with Gasteiger partial charge >= 0.3 is 11.9 Å².